The van der Waals surface area contributed by atoms with E-state index in [1.165, 1.54) is 5.56 Å². The lowest BCUT2D eigenvalue weighted by Crippen LogP contribution is -2.56. The van der Waals surface area contributed by atoms with E-state index in [0.717, 1.165) is 37.1 Å². The maximum Gasteiger partial charge on any atom is 0.231 e. The van der Waals surface area contributed by atoms with Crippen molar-refractivity contribution in [2.75, 3.05) is 24.8 Å². The van der Waals surface area contributed by atoms with Gasteiger partial charge in [0.1, 0.15) is 0 Å². The van der Waals surface area contributed by atoms with Gasteiger partial charge in [-0.1, -0.05) is 6.07 Å². The van der Waals surface area contributed by atoms with Gasteiger partial charge in [-0.15, -0.1) is 0 Å². The van der Waals surface area contributed by atoms with Gasteiger partial charge in [0.25, 0.3) is 0 Å². The summed E-state index contributed by atoms with van der Waals surface area (Å²) in [6.07, 6.45) is 3.60. The van der Waals surface area contributed by atoms with Gasteiger partial charge in [0.05, 0.1) is 0 Å². The van der Waals surface area contributed by atoms with Crippen LogP contribution < -0.4 is 14.4 Å². The van der Waals surface area contributed by atoms with E-state index in [1.54, 1.807) is 12.4 Å². The van der Waals surface area contributed by atoms with Crippen LogP contribution >= 0.6 is 0 Å². The van der Waals surface area contributed by atoms with Crippen LogP contribution in [0.4, 0.5) is 5.95 Å². The van der Waals surface area contributed by atoms with Crippen LogP contribution in [0, 0.1) is 0 Å². The number of rotatable bonds is 3. The molecule has 0 saturated carbocycles. The molecule has 24 heavy (non-hydrogen) atoms. The lowest BCUT2D eigenvalue weighted by atomic mass is 10.1. The van der Waals surface area contributed by atoms with Crippen LogP contribution in [0.15, 0.2) is 36.7 Å². The summed E-state index contributed by atoms with van der Waals surface area (Å²) in [7, 11) is 0. The monoisotopic (exact) mass is 326 g/mol. The summed E-state index contributed by atoms with van der Waals surface area (Å²) in [5, 5.41) is 0. The fraction of sp³-hybridized carbons (Fsp3) is 0.444. The third-order valence-electron chi connectivity index (χ3n) is 4.74. The second kappa shape index (κ2) is 6.28. The van der Waals surface area contributed by atoms with Crippen molar-refractivity contribution in [1.29, 1.82) is 0 Å². The zero-order valence-electron chi connectivity index (χ0n) is 14.1. The van der Waals surface area contributed by atoms with Crippen LogP contribution in [-0.2, 0) is 6.54 Å². The molecular weight excluding hydrogens is 304 g/mol. The SMILES string of the molecule is C[C@@H]1CN(c2ncccn2)C[C@H](C)N1Cc1ccc2c(c1)OCO2. The van der Waals surface area contributed by atoms with E-state index in [4.69, 9.17) is 9.47 Å². The standard InChI is InChI=1S/C18H22N4O2/c1-13-9-21(18-19-6-3-7-20-18)10-14(2)22(13)11-15-4-5-16-17(8-15)24-12-23-16/h3-8,13-14H,9-12H2,1-2H3/t13-,14+. The molecule has 2 aliphatic rings. The van der Waals surface area contributed by atoms with E-state index < -0.39 is 0 Å². The van der Waals surface area contributed by atoms with E-state index >= 15 is 0 Å². The van der Waals surface area contributed by atoms with Crippen LogP contribution in [0.1, 0.15) is 19.4 Å². The van der Waals surface area contributed by atoms with Crippen LogP contribution in [0.5, 0.6) is 11.5 Å². The predicted octanol–water partition coefficient (Wildman–Crippen LogP) is 2.30. The van der Waals surface area contributed by atoms with E-state index in [-0.39, 0.29) is 0 Å². The van der Waals surface area contributed by atoms with Gasteiger partial charge in [0.2, 0.25) is 12.7 Å². The fourth-order valence-corrected chi connectivity index (χ4v) is 3.54. The average molecular weight is 326 g/mol. The molecule has 0 aliphatic carbocycles. The molecule has 2 aromatic rings. The maximum atomic E-state index is 5.49. The van der Waals surface area contributed by atoms with Gasteiger partial charge < -0.3 is 14.4 Å². The minimum Gasteiger partial charge on any atom is -0.454 e. The first-order valence-electron chi connectivity index (χ1n) is 8.37. The Morgan fingerprint density at radius 3 is 2.50 bits per heavy atom. The number of aromatic nitrogens is 2. The number of benzene rings is 1. The Hall–Kier alpha value is -2.34. The Balaban J connectivity index is 1.47. The highest BCUT2D eigenvalue weighted by Crippen LogP contribution is 2.33. The second-order valence-electron chi connectivity index (χ2n) is 6.51. The molecule has 6 heteroatoms. The van der Waals surface area contributed by atoms with Crippen LogP contribution in [0.3, 0.4) is 0 Å². The van der Waals surface area contributed by atoms with E-state index in [1.807, 2.05) is 12.1 Å². The topological polar surface area (TPSA) is 50.7 Å². The molecule has 2 atom stereocenters. The summed E-state index contributed by atoms with van der Waals surface area (Å²) in [5.74, 6) is 2.51. The number of piperazine rings is 1. The molecule has 126 valence electrons. The van der Waals surface area contributed by atoms with Crippen molar-refractivity contribution >= 4 is 5.95 Å². The molecule has 1 aromatic carbocycles. The number of nitrogens with zero attached hydrogens (tertiary/aromatic N) is 4. The molecule has 0 bridgehead atoms. The first-order chi connectivity index (χ1) is 11.7. The minimum atomic E-state index is 0.321. The highest BCUT2D eigenvalue weighted by molar-refractivity contribution is 5.44. The quantitative estimate of drug-likeness (QED) is 0.863. The smallest absolute Gasteiger partial charge is 0.231 e. The van der Waals surface area contributed by atoms with Gasteiger partial charge in [-0.3, -0.25) is 4.90 Å². The molecule has 0 radical (unpaired) electrons. The maximum absolute atomic E-state index is 5.49. The van der Waals surface area contributed by atoms with Gasteiger partial charge >= 0.3 is 0 Å². The third-order valence-corrected chi connectivity index (χ3v) is 4.74. The minimum absolute atomic E-state index is 0.321. The molecule has 6 nitrogen and oxygen atoms in total. The van der Waals surface area contributed by atoms with E-state index in [0.29, 0.717) is 18.9 Å². The fourth-order valence-electron chi connectivity index (χ4n) is 3.54. The zero-order valence-corrected chi connectivity index (χ0v) is 14.1. The van der Waals surface area contributed by atoms with Crippen molar-refractivity contribution < 1.29 is 9.47 Å². The van der Waals surface area contributed by atoms with Crippen LogP contribution in [0.2, 0.25) is 0 Å². The van der Waals surface area contributed by atoms with Gasteiger partial charge in [-0.25, -0.2) is 9.97 Å². The highest BCUT2D eigenvalue weighted by atomic mass is 16.7. The molecule has 1 aromatic heterocycles. The molecule has 0 amide bonds. The predicted molar refractivity (Wildman–Crippen MR) is 91.3 cm³/mol. The van der Waals surface area contributed by atoms with Gasteiger partial charge in [0, 0.05) is 44.1 Å². The summed E-state index contributed by atoms with van der Waals surface area (Å²) < 4.78 is 10.9. The number of hydrogen-bond acceptors (Lipinski definition) is 6. The van der Waals surface area contributed by atoms with Crippen molar-refractivity contribution in [2.45, 2.75) is 32.5 Å². The Morgan fingerprint density at radius 2 is 1.75 bits per heavy atom. The van der Waals surface area contributed by atoms with Gasteiger partial charge in [-0.05, 0) is 37.6 Å². The molecule has 2 aliphatic heterocycles. The molecule has 4 rings (SSSR count). The number of anilines is 1. The highest BCUT2D eigenvalue weighted by Gasteiger charge is 2.30. The van der Waals surface area contributed by atoms with E-state index in [9.17, 15) is 0 Å². The molecule has 1 saturated heterocycles. The first-order valence-corrected chi connectivity index (χ1v) is 8.37. The normalized spacial score (nSPS) is 23.5. The average Bonchev–Trinajstić information content (AvgIpc) is 3.06. The summed E-state index contributed by atoms with van der Waals surface area (Å²) in [4.78, 5) is 13.6. The van der Waals surface area contributed by atoms with Crippen LogP contribution in [0.25, 0.3) is 0 Å². The second-order valence-corrected chi connectivity index (χ2v) is 6.51. The van der Waals surface area contributed by atoms with Crippen molar-refractivity contribution in [1.82, 2.24) is 14.9 Å². The summed E-state index contributed by atoms with van der Waals surface area (Å²) in [6.45, 7) is 7.61. The molecule has 0 unspecified atom stereocenters. The summed E-state index contributed by atoms with van der Waals surface area (Å²) in [6, 6.07) is 8.91. The van der Waals surface area contributed by atoms with Crippen molar-refractivity contribution in [2.24, 2.45) is 0 Å². The van der Waals surface area contributed by atoms with Crippen molar-refractivity contribution in [3.63, 3.8) is 0 Å². The summed E-state index contributed by atoms with van der Waals surface area (Å²) in [5.41, 5.74) is 1.25. The van der Waals surface area contributed by atoms with Gasteiger partial charge in [-0.2, -0.15) is 0 Å². The van der Waals surface area contributed by atoms with E-state index in [2.05, 4.69) is 45.7 Å². The number of hydrogen-bond donors (Lipinski definition) is 0. The zero-order chi connectivity index (χ0) is 16.5. The molecule has 0 N–H and O–H groups in total. The first kappa shape index (κ1) is 15.2. The Morgan fingerprint density at radius 1 is 1.04 bits per heavy atom. The Bertz CT molecular complexity index is 697. The van der Waals surface area contributed by atoms with Crippen molar-refractivity contribution in [3.8, 4) is 11.5 Å². The molecule has 0 spiro atoms. The molecule has 3 heterocycles. The Kier molecular flexibility index (Phi) is 3.98. The third kappa shape index (κ3) is 2.89. The lowest BCUT2D eigenvalue weighted by Gasteiger charge is -2.44. The van der Waals surface area contributed by atoms with Crippen LogP contribution in [-0.4, -0.2) is 46.8 Å². The number of fused-ring (bicyclic) bond motifs is 1. The van der Waals surface area contributed by atoms with Gasteiger partial charge in [0.15, 0.2) is 11.5 Å². The molecular formula is C18H22N4O2. The lowest BCUT2D eigenvalue weighted by molar-refractivity contribution is 0.122. The Labute approximate surface area is 142 Å². The molecule has 1 fully saturated rings. The number of ether oxygens (including phenoxy) is 2. The van der Waals surface area contributed by atoms with Crippen molar-refractivity contribution in [3.05, 3.63) is 42.2 Å². The largest absolute Gasteiger partial charge is 0.454 e. The summed E-state index contributed by atoms with van der Waals surface area (Å²) >= 11 is 0.